The number of benzene rings is 1. The van der Waals surface area contributed by atoms with Gasteiger partial charge in [-0.3, -0.25) is 0 Å². The van der Waals surface area contributed by atoms with Crippen LogP contribution in [0.1, 0.15) is 59.9 Å². The lowest BCUT2D eigenvalue weighted by atomic mass is 9.74. The predicted octanol–water partition coefficient (Wildman–Crippen LogP) is 5.40. The summed E-state index contributed by atoms with van der Waals surface area (Å²) in [6, 6.07) is 6.54. The second-order valence-corrected chi connectivity index (χ2v) is 8.92. The average molecular weight is 455 g/mol. The number of halogens is 1. The van der Waals surface area contributed by atoms with E-state index in [1.807, 2.05) is 39.5 Å². The number of piperidine rings is 1. The van der Waals surface area contributed by atoms with Gasteiger partial charge in [0.2, 0.25) is 0 Å². The average Bonchev–Trinajstić information content (AvgIpc) is 2.88. The van der Waals surface area contributed by atoms with Crippen LogP contribution in [-0.2, 0) is 14.9 Å². The number of hydrogen-bond acceptors (Lipinski definition) is 4. The molecule has 6 heteroatoms. The van der Waals surface area contributed by atoms with E-state index in [4.69, 9.17) is 9.53 Å². The third-order valence-corrected chi connectivity index (χ3v) is 5.35. The van der Waals surface area contributed by atoms with Gasteiger partial charge >= 0.3 is 6.09 Å². The molecule has 2 heterocycles. The fourth-order valence-corrected chi connectivity index (χ4v) is 4.12. The second kappa shape index (κ2) is 10.3. The summed E-state index contributed by atoms with van der Waals surface area (Å²) in [6.45, 7) is 13.7. The molecule has 0 saturated carbocycles. The molecule has 1 fully saturated rings. The zero-order chi connectivity index (χ0) is 21.5. The first-order chi connectivity index (χ1) is 13.1. The Bertz CT molecular complexity index is 662. The number of likely N-dealkylation sites (N-methyl/N-ethyl adjacent to an activating group) is 1. The Hall–Kier alpha value is -1.56. The molecule has 1 amide bonds. The van der Waals surface area contributed by atoms with E-state index in [2.05, 4.69) is 46.1 Å². The van der Waals surface area contributed by atoms with E-state index >= 15 is 0 Å². The number of carbonyl (C=O) groups is 2. The summed E-state index contributed by atoms with van der Waals surface area (Å²) >= 11 is 3.60. The standard InChI is InChI=1S/C18H25BrN2O2.C2H4O.C2H6/c1-17(2,3)23-16(22)21-9-7-18(8-10-21)12-20(4)15-6-5-13(19)11-14(15)18;1-2-3;1-2/h5-6,11H,7-10,12H2,1-4H3;2H,1H3;1-2H3. The van der Waals surface area contributed by atoms with Gasteiger partial charge in [-0.25, -0.2) is 4.79 Å². The minimum absolute atomic E-state index is 0.159. The van der Waals surface area contributed by atoms with Crippen LogP contribution >= 0.6 is 15.9 Å². The fourth-order valence-electron chi connectivity index (χ4n) is 3.76. The topological polar surface area (TPSA) is 49.9 Å². The number of fused-ring (bicyclic) bond motifs is 2. The Labute approximate surface area is 178 Å². The van der Waals surface area contributed by atoms with Crippen LogP contribution in [0.2, 0.25) is 0 Å². The van der Waals surface area contributed by atoms with Crippen LogP contribution < -0.4 is 4.90 Å². The first-order valence-corrected chi connectivity index (χ1v) is 10.8. The number of hydrogen-bond donors (Lipinski definition) is 0. The zero-order valence-corrected chi connectivity index (χ0v) is 19.9. The third kappa shape index (κ3) is 5.97. The number of carbonyl (C=O) groups excluding carboxylic acids is 2. The minimum Gasteiger partial charge on any atom is -0.444 e. The molecule has 0 aromatic heterocycles. The molecule has 1 aromatic rings. The van der Waals surface area contributed by atoms with Crippen molar-refractivity contribution in [3.63, 3.8) is 0 Å². The lowest BCUT2D eigenvalue weighted by molar-refractivity contribution is -0.106. The van der Waals surface area contributed by atoms with Crippen molar-refractivity contribution in [3.05, 3.63) is 28.2 Å². The fraction of sp³-hybridized carbons (Fsp3) is 0.636. The quantitative estimate of drug-likeness (QED) is 0.492. The number of ether oxygens (including phenoxy) is 1. The largest absolute Gasteiger partial charge is 0.444 e. The van der Waals surface area contributed by atoms with Crippen molar-refractivity contribution in [3.8, 4) is 0 Å². The lowest BCUT2D eigenvalue weighted by Gasteiger charge is -2.40. The molecule has 158 valence electrons. The molecule has 0 aliphatic carbocycles. The van der Waals surface area contributed by atoms with E-state index in [0.717, 1.165) is 43.2 Å². The van der Waals surface area contributed by atoms with Gasteiger partial charge in [-0.1, -0.05) is 29.8 Å². The molecule has 0 atom stereocenters. The van der Waals surface area contributed by atoms with Crippen LogP contribution in [0.5, 0.6) is 0 Å². The van der Waals surface area contributed by atoms with Crippen LogP contribution in [0.25, 0.3) is 0 Å². The van der Waals surface area contributed by atoms with Crippen LogP contribution in [-0.4, -0.2) is 49.6 Å². The highest BCUT2D eigenvalue weighted by atomic mass is 79.9. The highest BCUT2D eigenvalue weighted by molar-refractivity contribution is 9.10. The van der Waals surface area contributed by atoms with Gasteiger partial charge in [-0.05, 0) is 64.3 Å². The Balaban J connectivity index is 0.000000717. The number of aldehydes is 1. The highest BCUT2D eigenvalue weighted by Crippen LogP contribution is 2.47. The summed E-state index contributed by atoms with van der Waals surface area (Å²) in [7, 11) is 2.15. The van der Waals surface area contributed by atoms with E-state index in [9.17, 15) is 4.79 Å². The van der Waals surface area contributed by atoms with E-state index in [0.29, 0.717) is 0 Å². The smallest absolute Gasteiger partial charge is 0.410 e. The van der Waals surface area contributed by atoms with Gasteiger partial charge in [0.05, 0.1) is 0 Å². The van der Waals surface area contributed by atoms with Crippen molar-refractivity contribution >= 4 is 34.0 Å². The van der Waals surface area contributed by atoms with Gasteiger partial charge in [0.25, 0.3) is 0 Å². The van der Waals surface area contributed by atoms with Gasteiger partial charge in [-0.2, -0.15) is 0 Å². The van der Waals surface area contributed by atoms with Crippen molar-refractivity contribution in [2.45, 2.75) is 65.4 Å². The molecule has 28 heavy (non-hydrogen) atoms. The zero-order valence-electron chi connectivity index (χ0n) is 18.3. The third-order valence-electron chi connectivity index (χ3n) is 4.85. The summed E-state index contributed by atoms with van der Waals surface area (Å²) in [5.74, 6) is 0. The van der Waals surface area contributed by atoms with Crippen molar-refractivity contribution in [1.29, 1.82) is 0 Å². The Kier molecular flexibility index (Phi) is 8.99. The first-order valence-electron chi connectivity index (χ1n) is 10.0. The van der Waals surface area contributed by atoms with E-state index in [-0.39, 0.29) is 11.5 Å². The normalized spacial score (nSPS) is 17.0. The van der Waals surface area contributed by atoms with Crippen molar-refractivity contribution in [2.24, 2.45) is 0 Å². The molecule has 0 N–H and O–H groups in total. The summed E-state index contributed by atoms with van der Waals surface area (Å²) < 4.78 is 6.63. The highest BCUT2D eigenvalue weighted by Gasteiger charge is 2.44. The minimum atomic E-state index is -0.433. The van der Waals surface area contributed by atoms with Crippen molar-refractivity contribution in [2.75, 3.05) is 31.6 Å². The number of likely N-dealkylation sites (tertiary alicyclic amines) is 1. The van der Waals surface area contributed by atoms with Gasteiger partial charge < -0.3 is 19.3 Å². The van der Waals surface area contributed by atoms with E-state index in [1.54, 1.807) is 0 Å². The molecule has 0 unspecified atom stereocenters. The molecule has 2 aliphatic rings. The Morgan fingerprint density at radius 2 is 1.75 bits per heavy atom. The van der Waals surface area contributed by atoms with Crippen LogP contribution in [0.3, 0.4) is 0 Å². The number of anilines is 1. The maximum absolute atomic E-state index is 12.3. The summed E-state index contributed by atoms with van der Waals surface area (Å²) in [5.41, 5.74) is 2.46. The number of amides is 1. The van der Waals surface area contributed by atoms with Crippen LogP contribution in [0, 0.1) is 0 Å². The van der Waals surface area contributed by atoms with Gasteiger partial charge in [0.1, 0.15) is 11.9 Å². The molecule has 1 saturated heterocycles. The second-order valence-electron chi connectivity index (χ2n) is 8.00. The molecule has 2 aliphatic heterocycles. The van der Waals surface area contributed by atoms with Crippen LogP contribution in [0.15, 0.2) is 22.7 Å². The van der Waals surface area contributed by atoms with Gasteiger partial charge in [0.15, 0.2) is 0 Å². The van der Waals surface area contributed by atoms with Gasteiger partial charge in [0, 0.05) is 42.3 Å². The van der Waals surface area contributed by atoms with E-state index in [1.165, 1.54) is 18.2 Å². The molecule has 5 nitrogen and oxygen atoms in total. The maximum Gasteiger partial charge on any atom is 0.410 e. The lowest BCUT2D eigenvalue weighted by Crippen LogP contribution is -2.48. The predicted molar refractivity (Wildman–Crippen MR) is 119 cm³/mol. The number of rotatable bonds is 0. The summed E-state index contributed by atoms with van der Waals surface area (Å²) in [5, 5.41) is 0. The molecule has 3 rings (SSSR count). The SMILES string of the molecule is CC.CC=O.CN1CC2(CCN(C(=O)OC(C)(C)C)CC2)c2cc(Br)ccc21. The molecular formula is C22H35BrN2O3. The Morgan fingerprint density at radius 3 is 2.25 bits per heavy atom. The van der Waals surface area contributed by atoms with Gasteiger partial charge in [-0.15, -0.1) is 0 Å². The molecule has 1 spiro atoms. The molecule has 0 bridgehead atoms. The number of nitrogens with zero attached hydrogens (tertiary/aromatic N) is 2. The monoisotopic (exact) mass is 454 g/mol. The molecular weight excluding hydrogens is 420 g/mol. The van der Waals surface area contributed by atoms with E-state index < -0.39 is 5.60 Å². The summed E-state index contributed by atoms with van der Waals surface area (Å²) in [4.78, 5) is 25.3. The summed E-state index contributed by atoms with van der Waals surface area (Å²) in [6.07, 6.45) is 2.54. The molecule has 0 radical (unpaired) electrons. The van der Waals surface area contributed by atoms with Crippen molar-refractivity contribution in [1.82, 2.24) is 4.90 Å². The molecule has 1 aromatic carbocycles. The first kappa shape index (κ1) is 24.5. The van der Waals surface area contributed by atoms with Crippen molar-refractivity contribution < 1.29 is 14.3 Å². The maximum atomic E-state index is 12.3. The van der Waals surface area contributed by atoms with Crippen LogP contribution in [0.4, 0.5) is 10.5 Å². The Morgan fingerprint density at radius 1 is 1.21 bits per heavy atom.